The van der Waals surface area contributed by atoms with Crippen molar-refractivity contribution in [3.63, 3.8) is 0 Å². The second-order valence-electron chi connectivity index (χ2n) is 9.31. The van der Waals surface area contributed by atoms with Crippen LogP contribution in [0, 0.1) is 0 Å². The lowest BCUT2D eigenvalue weighted by Gasteiger charge is -2.45. The lowest BCUT2D eigenvalue weighted by molar-refractivity contribution is 0.264. The monoisotopic (exact) mass is 500 g/mol. The lowest BCUT2D eigenvalue weighted by Crippen LogP contribution is -2.49. The molecular weight excluding hydrogens is 464 g/mol. The Morgan fingerprint density at radius 2 is 1.31 bits per heavy atom. The minimum absolute atomic E-state index is 0.510. The Morgan fingerprint density at radius 1 is 0.778 bits per heavy atom. The Kier molecular flexibility index (Phi) is 6.66. The van der Waals surface area contributed by atoms with Crippen molar-refractivity contribution in [3.05, 3.63) is 82.9 Å². The van der Waals surface area contributed by atoms with Gasteiger partial charge in [-0.25, -0.2) is 0 Å². The zero-order valence-electron chi connectivity index (χ0n) is 21.8. The zero-order chi connectivity index (χ0) is 25.4. The van der Waals surface area contributed by atoms with Gasteiger partial charge in [-0.2, -0.15) is 0 Å². The second-order valence-corrected chi connectivity index (χ2v) is 9.70. The number of nitrogens with two attached hydrogens (primary N) is 1. The molecule has 0 atom stereocenters. The van der Waals surface area contributed by atoms with Gasteiger partial charge in [-0.15, -0.1) is 0 Å². The van der Waals surface area contributed by atoms with E-state index in [1.54, 1.807) is 0 Å². The van der Waals surface area contributed by atoms with E-state index < -0.39 is 5.54 Å². The van der Waals surface area contributed by atoms with E-state index in [1.807, 2.05) is 0 Å². The van der Waals surface area contributed by atoms with Gasteiger partial charge in [0.05, 0.1) is 0 Å². The van der Waals surface area contributed by atoms with Crippen molar-refractivity contribution >= 4 is 28.6 Å². The number of hydrogen-bond donors (Lipinski definition) is 1. The summed E-state index contributed by atoms with van der Waals surface area (Å²) in [6.45, 7) is 13.7. The summed E-state index contributed by atoms with van der Waals surface area (Å²) in [5.41, 5.74) is 12.5. The summed E-state index contributed by atoms with van der Waals surface area (Å²) >= 11 is 6.10. The van der Waals surface area contributed by atoms with Crippen LogP contribution in [-0.2, 0) is 5.54 Å². The van der Waals surface area contributed by atoms with Crippen LogP contribution in [0.15, 0.2) is 60.7 Å². The molecule has 2 N–H and O–H groups in total. The smallest absolute Gasteiger partial charge is 0.135 e. The average Bonchev–Trinajstić information content (AvgIpc) is 3.14. The molecule has 0 aliphatic carbocycles. The molecule has 0 saturated heterocycles. The molecule has 0 saturated carbocycles. The summed E-state index contributed by atoms with van der Waals surface area (Å²) in [6, 6.07) is 21.8. The molecule has 3 aromatic rings. The second kappa shape index (κ2) is 9.75. The number of hydrogen-bond acceptors (Lipinski definition) is 5. The van der Waals surface area contributed by atoms with Crippen LogP contribution in [0.4, 0.5) is 11.4 Å². The molecule has 2 heterocycles. The maximum absolute atomic E-state index is 6.75. The first-order valence-corrected chi connectivity index (χ1v) is 13.5. The molecule has 36 heavy (non-hydrogen) atoms. The van der Waals surface area contributed by atoms with Gasteiger partial charge in [-0.3, -0.25) is 0 Å². The Hall–Kier alpha value is -3.09. The minimum atomic E-state index is -0.584. The van der Waals surface area contributed by atoms with E-state index >= 15 is 0 Å². The van der Waals surface area contributed by atoms with Gasteiger partial charge in [0.15, 0.2) is 0 Å². The van der Waals surface area contributed by atoms with Crippen molar-refractivity contribution in [2.24, 2.45) is 5.73 Å². The van der Waals surface area contributed by atoms with Crippen LogP contribution in [0.1, 0.15) is 49.9 Å². The fraction of sp³-hybridized carbons (Fsp3) is 0.367. The Balaban J connectivity index is 1.82. The number of fused-ring (bicyclic) bond motifs is 6. The fourth-order valence-electron chi connectivity index (χ4n) is 6.03. The predicted octanol–water partition coefficient (Wildman–Crippen LogP) is 5.73. The highest BCUT2D eigenvalue weighted by Crippen LogP contribution is 2.58. The lowest BCUT2D eigenvalue weighted by atomic mass is 9.74. The number of rotatable bonds is 8. The molecule has 0 radical (unpaired) electrons. The van der Waals surface area contributed by atoms with Gasteiger partial charge in [0.2, 0.25) is 0 Å². The predicted molar refractivity (Wildman–Crippen MR) is 154 cm³/mol. The van der Waals surface area contributed by atoms with Gasteiger partial charge in [-0.1, -0.05) is 48.6 Å². The van der Waals surface area contributed by atoms with E-state index in [-0.39, 0.29) is 0 Å². The summed E-state index contributed by atoms with van der Waals surface area (Å²) in [5, 5.41) is 0. The van der Waals surface area contributed by atoms with Crippen molar-refractivity contribution in [2.75, 3.05) is 49.1 Å². The van der Waals surface area contributed by atoms with E-state index in [9.17, 15) is 0 Å². The molecule has 0 aromatic heterocycles. The maximum Gasteiger partial charge on any atom is 0.135 e. The topological polar surface area (TPSA) is 45.0 Å². The maximum atomic E-state index is 6.75. The van der Waals surface area contributed by atoms with E-state index in [0.29, 0.717) is 13.1 Å². The standard InChI is InChI=1S/C30H36N4OS/c1-5-32(6-2)21-13-15-25-27(19-21)35-28-20-22(33(7-3)8-4)14-16-26(28)30(25)24-12-10-9-11-23(24)29(36)34(30)18-17-31/h9-16,19-20H,5-8,17-18,31H2,1-4H3. The molecule has 6 heteroatoms. The van der Waals surface area contributed by atoms with Crippen molar-refractivity contribution in [2.45, 2.75) is 33.2 Å². The van der Waals surface area contributed by atoms with Crippen LogP contribution in [0.2, 0.25) is 0 Å². The molecule has 5 nitrogen and oxygen atoms in total. The van der Waals surface area contributed by atoms with Crippen LogP contribution < -0.4 is 20.3 Å². The van der Waals surface area contributed by atoms with Gasteiger partial charge >= 0.3 is 0 Å². The molecule has 0 unspecified atom stereocenters. The molecule has 0 amide bonds. The van der Waals surface area contributed by atoms with Crippen LogP contribution >= 0.6 is 12.2 Å². The molecule has 2 aliphatic rings. The first kappa shape index (κ1) is 24.6. The quantitative estimate of drug-likeness (QED) is 0.399. The van der Waals surface area contributed by atoms with Crippen molar-refractivity contribution < 1.29 is 4.74 Å². The van der Waals surface area contributed by atoms with Crippen molar-refractivity contribution in [1.82, 2.24) is 4.90 Å². The first-order valence-electron chi connectivity index (χ1n) is 13.1. The third-order valence-corrected chi connectivity index (χ3v) is 8.18. The Labute approximate surface area is 220 Å². The highest BCUT2D eigenvalue weighted by molar-refractivity contribution is 7.80. The van der Waals surface area contributed by atoms with Crippen molar-refractivity contribution in [3.8, 4) is 11.5 Å². The van der Waals surface area contributed by atoms with Gasteiger partial charge in [0, 0.05) is 79.5 Å². The Morgan fingerprint density at radius 3 is 1.81 bits per heavy atom. The summed E-state index contributed by atoms with van der Waals surface area (Å²) in [7, 11) is 0. The summed E-state index contributed by atoms with van der Waals surface area (Å²) in [4.78, 5) is 7.86. The number of anilines is 2. The van der Waals surface area contributed by atoms with E-state index in [2.05, 4.69) is 103 Å². The SMILES string of the molecule is CCN(CC)c1ccc2c(c1)Oc1cc(N(CC)CC)ccc1C21c2ccccc2C(=S)N1CCN. The van der Waals surface area contributed by atoms with Crippen LogP contribution in [-0.4, -0.2) is 49.2 Å². The normalized spacial score (nSPS) is 14.8. The van der Waals surface area contributed by atoms with Crippen molar-refractivity contribution in [1.29, 1.82) is 0 Å². The third-order valence-electron chi connectivity index (χ3n) is 7.74. The van der Waals surface area contributed by atoms with Gasteiger partial charge in [-0.05, 0) is 45.4 Å². The number of thiocarbonyl (C=S) groups is 1. The average molecular weight is 501 g/mol. The highest BCUT2D eigenvalue weighted by atomic mass is 32.1. The zero-order valence-corrected chi connectivity index (χ0v) is 22.6. The number of benzene rings is 3. The molecule has 0 bridgehead atoms. The Bertz CT molecular complexity index is 1220. The van der Waals surface area contributed by atoms with E-state index in [0.717, 1.165) is 70.7 Å². The van der Waals surface area contributed by atoms with Gasteiger partial charge < -0.3 is 25.2 Å². The summed E-state index contributed by atoms with van der Waals surface area (Å²) in [6.07, 6.45) is 0. The van der Waals surface area contributed by atoms with E-state index in [1.165, 1.54) is 5.56 Å². The molecule has 0 fully saturated rings. The first-order chi connectivity index (χ1) is 17.5. The largest absolute Gasteiger partial charge is 0.456 e. The summed E-state index contributed by atoms with van der Waals surface area (Å²) in [5.74, 6) is 1.76. The van der Waals surface area contributed by atoms with Crippen LogP contribution in [0.5, 0.6) is 11.5 Å². The number of ether oxygens (including phenoxy) is 1. The number of nitrogens with zero attached hydrogens (tertiary/aromatic N) is 3. The molecule has 1 spiro atoms. The summed E-state index contributed by atoms with van der Waals surface area (Å²) < 4.78 is 6.75. The van der Waals surface area contributed by atoms with Crippen LogP contribution in [0.25, 0.3) is 0 Å². The van der Waals surface area contributed by atoms with E-state index in [4.69, 9.17) is 22.7 Å². The molecular formula is C30H36N4OS. The molecule has 188 valence electrons. The van der Waals surface area contributed by atoms with Gasteiger partial charge in [0.1, 0.15) is 22.0 Å². The van der Waals surface area contributed by atoms with Crippen LogP contribution in [0.3, 0.4) is 0 Å². The molecule has 2 aliphatic heterocycles. The highest BCUT2D eigenvalue weighted by Gasteiger charge is 2.54. The van der Waals surface area contributed by atoms with Gasteiger partial charge in [0.25, 0.3) is 0 Å². The molecule has 5 rings (SSSR count). The molecule has 3 aromatic carbocycles. The third kappa shape index (κ3) is 3.50. The fourth-order valence-corrected chi connectivity index (χ4v) is 6.44. The minimum Gasteiger partial charge on any atom is -0.456 e.